The van der Waals surface area contributed by atoms with E-state index in [-0.39, 0.29) is 0 Å². The summed E-state index contributed by atoms with van der Waals surface area (Å²) in [7, 11) is 0. The Bertz CT molecular complexity index is 3510. The van der Waals surface area contributed by atoms with Crippen molar-refractivity contribution in [2.24, 2.45) is 0 Å². The van der Waals surface area contributed by atoms with E-state index in [1.165, 1.54) is 66.3 Å². The van der Waals surface area contributed by atoms with E-state index in [4.69, 9.17) is 4.98 Å². The van der Waals surface area contributed by atoms with E-state index < -0.39 is 0 Å². The molecule has 4 heteroatoms. The van der Waals surface area contributed by atoms with Gasteiger partial charge >= 0.3 is 0 Å². The molecule has 0 aliphatic carbocycles. The van der Waals surface area contributed by atoms with Crippen LogP contribution >= 0.6 is 11.3 Å². The average molecular weight is 848 g/mol. The Kier molecular flexibility index (Phi) is 9.70. The Morgan fingerprint density at radius 1 is 0.323 bits per heavy atom. The molecular formula is C61H41N3S. The molecule has 65 heavy (non-hydrogen) atoms. The third-order valence-electron chi connectivity index (χ3n) is 12.4. The highest BCUT2D eigenvalue weighted by atomic mass is 32.1. The average Bonchev–Trinajstić information content (AvgIpc) is 3.97. The van der Waals surface area contributed by atoms with Crippen LogP contribution in [0, 0.1) is 0 Å². The number of hydrogen-bond acceptors (Lipinski definition) is 3. The zero-order valence-electron chi connectivity index (χ0n) is 35.4. The number of rotatable bonds is 9. The third-order valence-corrected chi connectivity index (χ3v) is 13.5. The molecule has 2 heterocycles. The molecule has 0 saturated heterocycles. The molecule has 0 spiro atoms. The Morgan fingerprint density at radius 2 is 0.708 bits per heavy atom. The van der Waals surface area contributed by atoms with Gasteiger partial charge in [0.15, 0.2) is 0 Å². The van der Waals surface area contributed by atoms with Crippen LogP contribution in [0.15, 0.2) is 249 Å². The first-order valence-electron chi connectivity index (χ1n) is 22.0. The lowest BCUT2D eigenvalue weighted by Crippen LogP contribution is -2.09. The molecule has 12 rings (SSSR count). The fourth-order valence-corrected chi connectivity index (χ4v) is 10.2. The summed E-state index contributed by atoms with van der Waals surface area (Å²) in [5, 5.41) is 3.48. The van der Waals surface area contributed by atoms with Gasteiger partial charge in [-0.2, -0.15) is 0 Å². The lowest BCUT2D eigenvalue weighted by molar-refractivity contribution is 1.18. The molecule has 306 valence electrons. The van der Waals surface area contributed by atoms with Crippen LogP contribution in [0.5, 0.6) is 0 Å². The fraction of sp³-hybridized carbons (Fsp3) is 0. The highest BCUT2D eigenvalue weighted by Gasteiger charge is 2.18. The van der Waals surface area contributed by atoms with E-state index in [1.807, 2.05) is 0 Å². The second kappa shape index (κ2) is 16.4. The second-order valence-electron chi connectivity index (χ2n) is 16.4. The molecule has 0 saturated carbocycles. The quantitative estimate of drug-likeness (QED) is 0.144. The monoisotopic (exact) mass is 847 g/mol. The van der Waals surface area contributed by atoms with Crippen LogP contribution in [-0.4, -0.2) is 9.55 Å². The van der Waals surface area contributed by atoms with Gasteiger partial charge in [0.25, 0.3) is 0 Å². The Morgan fingerprint density at radius 3 is 1.22 bits per heavy atom. The second-order valence-corrected chi connectivity index (χ2v) is 17.4. The minimum absolute atomic E-state index is 0.992. The summed E-state index contributed by atoms with van der Waals surface area (Å²) in [6.07, 6.45) is 0. The normalized spacial score (nSPS) is 11.4. The molecule has 0 N–H and O–H groups in total. The predicted octanol–water partition coefficient (Wildman–Crippen LogP) is 17.2. The summed E-state index contributed by atoms with van der Waals surface area (Å²) >= 11 is 1.74. The maximum atomic E-state index is 5.16. The SMILES string of the molecule is c1ccc(-c2ccc(N(c3ccc(-c4ccccc4)cc3)c3ccc4nc(-c5ccc(-c6ccc7c(c6)c6cc(-c8ccccc8)ccc6n7-c6ccccc6)cc5)sc4c3)cc2)cc1. The smallest absolute Gasteiger partial charge is 0.124 e. The number of nitrogens with zero attached hydrogens (tertiary/aromatic N) is 3. The highest BCUT2D eigenvalue weighted by Crippen LogP contribution is 2.41. The van der Waals surface area contributed by atoms with E-state index in [2.05, 4.69) is 258 Å². The van der Waals surface area contributed by atoms with Gasteiger partial charge in [-0.3, -0.25) is 0 Å². The minimum atomic E-state index is 0.992. The largest absolute Gasteiger partial charge is 0.310 e. The van der Waals surface area contributed by atoms with Crippen LogP contribution in [-0.2, 0) is 0 Å². The summed E-state index contributed by atoms with van der Waals surface area (Å²) in [5.41, 5.74) is 18.5. The Balaban J connectivity index is 0.882. The van der Waals surface area contributed by atoms with Crippen molar-refractivity contribution in [3.05, 3.63) is 249 Å². The first-order valence-corrected chi connectivity index (χ1v) is 22.8. The summed E-state index contributed by atoms with van der Waals surface area (Å²) < 4.78 is 3.52. The standard InChI is InChI=1S/C61H41N3S/c1-5-13-42(14-6-1)45-25-31-52(32-26-45)63(53-33-27-46(28-34-53)43-15-7-2-8-16-43)54-35-36-57-60(41-54)65-61(62-57)48-23-21-47(22-24-48)50-30-38-59-56(40-50)55-39-49(44-17-9-3-10-18-44)29-37-58(55)64(59)51-19-11-4-12-20-51/h1-41H. The molecule has 0 fully saturated rings. The molecule has 2 aromatic heterocycles. The first kappa shape index (κ1) is 38.4. The number of aromatic nitrogens is 2. The van der Waals surface area contributed by atoms with Gasteiger partial charge in [0.2, 0.25) is 0 Å². The van der Waals surface area contributed by atoms with Gasteiger partial charge in [-0.05, 0) is 123 Å². The maximum absolute atomic E-state index is 5.16. The van der Waals surface area contributed by atoms with Crippen LogP contribution in [0.4, 0.5) is 17.1 Å². The van der Waals surface area contributed by atoms with E-state index >= 15 is 0 Å². The predicted molar refractivity (Wildman–Crippen MR) is 276 cm³/mol. The summed E-state index contributed by atoms with van der Waals surface area (Å²) in [5.74, 6) is 0. The molecule has 0 unspecified atom stereocenters. The molecule has 12 aromatic rings. The van der Waals surface area contributed by atoms with Crippen molar-refractivity contribution in [1.82, 2.24) is 9.55 Å². The molecule has 0 bridgehead atoms. The lowest BCUT2D eigenvalue weighted by atomic mass is 10.00. The molecule has 0 radical (unpaired) electrons. The van der Waals surface area contributed by atoms with Gasteiger partial charge < -0.3 is 9.47 Å². The summed E-state index contributed by atoms with van der Waals surface area (Å²) in [6.45, 7) is 0. The van der Waals surface area contributed by atoms with Gasteiger partial charge in [0.05, 0.1) is 21.3 Å². The summed E-state index contributed by atoms with van der Waals surface area (Å²) in [4.78, 5) is 7.50. The van der Waals surface area contributed by atoms with Crippen LogP contribution in [0.1, 0.15) is 0 Å². The van der Waals surface area contributed by atoms with E-state index in [0.29, 0.717) is 0 Å². The van der Waals surface area contributed by atoms with Crippen molar-refractivity contribution in [3.63, 3.8) is 0 Å². The van der Waals surface area contributed by atoms with Crippen molar-refractivity contribution in [3.8, 4) is 60.8 Å². The Labute approximate surface area is 382 Å². The van der Waals surface area contributed by atoms with Crippen molar-refractivity contribution >= 4 is 60.4 Å². The van der Waals surface area contributed by atoms with Crippen LogP contribution in [0.25, 0.3) is 92.8 Å². The third kappa shape index (κ3) is 7.26. The highest BCUT2D eigenvalue weighted by molar-refractivity contribution is 7.21. The summed E-state index contributed by atoms with van der Waals surface area (Å²) in [6, 6.07) is 89.4. The molecule has 10 aromatic carbocycles. The zero-order valence-corrected chi connectivity index (χ0v) is 36.2. The minimum Gasteiger partial charge on any atom is -0.310 e. The van der Waals surface area contributed by atoms with Crippen LogP contribution in [0.3, 0.4) is 0 Å². The number of anilines is 3. The van der Waals surface area contributed by atoms with E-state index in [0.717, 1.165) is 43.5 Å². The van der Waals surface area contributed by atoms with Crippen molar-refractivity contribution in [2.45, 2.75) is 0 Å². The van der Waals surface area contributed by atoms with Gasteiger partial charge in [-0.1, -0.05) is 170 Å². The molecule has 0 aliphatic heterocycles. The topological polar surface area (TPSA) is 21.1 Å². The first-order chi connectivity index (χ1) is 32.2. The number of benzene rings is 10. The number of thiazole rings is 1. The maximum Gasteiger partial charge on any atom is 0.124 e. The number of para-hydroxylation sites is 1. The van der Waals surface area contributed by atoms with E-state index in [9.17, 15) is 0 Å². The number of fused-ring (bicyclic) bond motifs is 4. The van der Waals surface area contributed by atoms with Crippen molar-refractivity contribution in [1.29, 1.82) is 0 Å². The van der Waals surface area contributed by atoms with E-state index in [1.54, 1.807) is 11.3 Å². The lowest BCUT2D eigenvalue weighted by Gasteiger charge is -2.26. The van der Waals surface area contributed by atoms with Gasteiger partial charge in [-0.25, -0.2) is 4.98 Å². The molecular weight excluding hydrogens is 807 g/mol. The van der Waals surface area contributed by atoms with Gasteiger partial charge in [0, 0.05) is 39.1 Å². The van der Waals surface area contributed by atoms with Crippen molar-refractivity contribution < 1.29 is 0 Å². The molecule has 0 aliphatic rings. The van der Waals surface area contributed by atoms with Crippen LogP contribution in [0.2, 0.25) is 0 Å². The van der Waals surface area contributed by atoms with Crippen molar-refractivity contribution in [2.75, 3.05) is 4.90 Å². The van der Waals surface area contributed by atoms with Gasteiger partial charge in [0.1, 0.15) is 5.01 Å². The molecule has 0 atom stereocenters. The Hall–Kier alpha value is -8.31. The van der Waals surface area contributed by atoms with Crippen LogP contribution < -0.4 is 4.90 Å². The zero-order chi connectivity index (χ0) is 43.1. The molecule has 0 amide bonds. The molecule has 3 nitrogen and oxygen atoms in total. The van der Waals surface area contributed by atoms with Gasteiger partial charge in [-0.15, -0.1) is 11.3 Å². The number of hydrogen-bond donors (Lipinski definition) is 0. The fourth-order valence-electron chi connectivity index (χ4n) is 9.16.